The minimum absolute atomic E-state index is 0.649. The molecule has 0 bridgehead atoms. The van der Waals surface area contributed by atoms with Gasteiger partial charge in [0.15, 0.2) is 0 Å². The number of methoxy groups -OCH3 is 1. The van der Waals surface area contributed by atoms with E-state index in [0.29, 0.717) is 12.5 Å². The lowest BCUT2D eigenvalue weighted by molar-refractivity contribution is 0.0566. The molecule has 0 saturated carbocycles. The summed E-state index contributed by atoms with van der Waals surface area (Å²) >= 11 is 0. The van der Waals surface area contributed by atoms with Gasteiger partial charge in [-0.2, -0.15) is 0 Å². The molecule has 0 aliphatic heterocycles. The van der Waals surface area contributed by atoms with E-state index < -0.39 is 0 Å². The molecule has 1 aliphatic rings. The zero-order valence-corrected chi connectivity index (χ0v) is 7.79. The van der Waals surface area contributed by atoms with Crippen LogP contribution in [0.2, 0.25) is 0 Å². The molecule has 0 aromatic carbocycles. The monoisotopic (exact) mass is 170 g/mol. The highest BCUT2D eigenvalue weighted by Gasteiger charge is 2.07. The molecule has 70 valence electrons. The predicted molar refractivity (Wildman–Crippen MR) is 49.2 cm³/mol. The highest BCUT2D eigenvalue weighted by atomic mass is 16.5. The summed E-state index contributed by atoms with van der Waals surface area (Å²) in [5, 5.41) is 0. The summed E-state index contributed by atoms with van der Waals surface area (Å²) < 4.78 is 10.3. The fourth-order valence-electron chi connectivity index (χ4n) is 1.40. The maximum atomic E-state index is 5.44. The summed E-state index contributed by atoms with van der Waals surface area (Å²) in [5.41, 5.74) is 0. The Morgan fingerprint density at radius 1 is 1.42 bits per heavy atom. The second kappa shape index (κ2) is 6.21. The normalized spacial score (nSPS) is 22.9. The van der Waals surface area contributed by atoms with Crippen LogP contribution in [0.25, 0.3) is 0 Å². The van der Waals surface area contributed by atoms with E-state index in [1.165, 1.54) is 19.3 Å². The minimum Gasteiger partial charge on any atom is -0.382 e. The van der Waals surface area contributed by atoms with Gasteiger partial charge in [0.25, 0.3) is 0 Å². The smallest absolute Gasteiger partial charge is 0.0700 e. The molecule has 1 rings (SSSR count). The number of rotatable bonds is 5. The molecule has 12 heavy (non-hydrogen) atoms. The van der Waals surface area contributed by atoms with Crippen molar-refractivity contribution in [2.75, 3.05) is 26.9 Å². The Kier molecular flexibility index (Phi) is 5.04. The van der Waals surface area contributed by atoms with E-state index >= 15 is 0 Å². The fourth-order valence-corrected chi connectivity index (χ4v) is 1.40. The van der Waals surface area contributed by atoms with Crippen molar-refractivity contribution in [2.45, 2.75) is 19.3 Å². The molecule has 1 aliphatic carbocycles. The molecule has 0 fully saturated rings. The van der Waals surface area contributed by atoms with Crippen LogP contribution in [-0.2, 0) is 9.47 Å². The molecule has 0 spiro atoms. The van der Waals surface area contributed by atoms with Crippen LogP contribution in [0.4, 0.5) is 0 Å². The molecule has 0 aromatic rings. The van der Waals surface area contributed by atoms with Gasteiger partial charge in [-0.05, 0) is 19.3 Å². The van der Waals surface area contributed by atoms with E-state index in [1.807, 2.05) is 0 Å². The second-order valence-electron chi connectivity index (χ2n) is 3.19. The number of hydrogen-bond acceptors (Lipinski definition) is 2. The van der Waals surface area contributed by atoms with Crippen molar-refractivity contribution in [3.05, 3.63) is 12.2 Å². The molecular formula is C10H18O2. The molecule has 0 amide bonds. The van der Waals surface area contributed by atoms with E-state index in [2.05, 4.69) is 12.2 Å². The molecule has 1 atom stereocenters. The Morgan fingerprint density at radius 3 is 3.00 bits per heavy atom. The fraction of sp³-hybridized carbons (Fsp3) is 0.800. The standard InChI is InChI=1S/C10H18O2/c1-11-7-8-12-9-10-5-3-2-4-6-10/h3,5,10H,2,4,6-9H2,1H3. The maximum Gasteiger partial charge on any atom is 0.0700 e. The summed E-state index contributed by atoms with van der Waals surface area (Å²) in [7, 11) is 1.70. The van der Waals surface area contributed by atoms with Crippen molar-refractivity contribution >= 4 is 0 Å². The summed E-state index contributed by atoms with van der Waals surface area (Å²) in [5.74, 6) is 0.649. The predicted octanol–water partition coefficient (Wildman–Crippen LogP) is 2.01. The van der Waals surface area contributed by atoms with Crippen LogP contribution in [0, 0.1) is 5.92 Å². The van der Waals surface area contributed by atoms with Gasteiger partial charge in [-0.25, -0.2) is 0 Å². The molecule has 0 N–H and O–H groups in total. The van der Waals surface area contributed by atoms with Crippen LogP contribution >= 0.6 is 0 Å². The lowest BCUT2D eigenvalue weighted by Crippen LogP contribution is -2.12. The van der Waals surface area contributed by atoms with E-state index in [9.17, 15) is 0 Å². The van der Waals surface area contributed by atoms with Gasteiger partial charge < -0.3 is 9.47 Å². The van der Waals surface area contributed by atoms with Gasteiger partial charge in [-0.3, -0.25) is 0 Å². The van der Waals surface area contributed by atoms with Crippen molar-refractivity contribution in [1.29, 1.82) is 0 Å². The summed E-state index contributed by atoms with van der Waals surface area (Å²) in [6.45, 7) is 2.29. The SMILES string of the molecule is COCCOCC1C=CCCC1. The largest absolute Gasteiger partial charge is 0.382 e. The first-order valence-electron chi connectivity index (χ1n) is 4.67. The lowest BCUT2D eigenvalue weighted by atomic mass is 9.97. The Labute approximate surface area is 74.6 Å². The van der Waals surface area contributed by atoms with E-state index in [0.717, 1.165) is 13.2 Å². The number of ether oxygens (including phenoxy) is 2. The summed E-state index contributed by atoms with van der Waals surface area (Å²) in [4.78, 5) is 0. The topological polar surface area (TPSA) is 18.5 Å². The maximum absolute atomic E-state index is 5.44. The lowest BCUT2D eigenvalue weighted by Gasteiger charge is -2.15. The third kappa shape index (κ3) is 3.88. The van der Waals surface area contributed by atoms with Crippen molar-refractivity contribution < 1.29 is 9.47 Å². The number of hydrogen-bond donors (Lipinski definition) is 0. The zero-order valence-electron chi connectivity index (χ0n) is 7.79. The van der Waals surface area contributed by atoms with Crippen LogP contribution in [0.5, 0.6) is 0 Å². The highest BCUT2D eigenvalue weighted by molar-refractivity contribution is 4.92. The van der Waals surface area contributed by atoms with Crippen LogP contribution in [-0.4, -0.2) is 26.9 Å². The van der Waals surface area contributed by atoms with Gasteiger partial charge in [0.2, 0.25) is 0 Å². The molecule has 0 aromatic heterocycles. The Balaban J connectivity index is 1.98. The quantitative estimate of drug-likeness (QED) is 0.464. The van der Waals surface area contributed by atoms with Crippen LogP contribution in [0.15, 0.2) is 12.2 Å². The molecule has 0 heterocycles. The van der Waals surface area contributed by atoms with Gasteiger partial charge in [0, 0.05) is 13.0 Å². The van der Waals surface area contributed by atoms with Crippen molar-refractivity contribution in [3.63, 3.8) is 0 Å². The van der Waals surface area contributed by atoms with Crippen molar-refractivity contribution in [1.82, 2.24) is 0 Å². The van der Waals surface area contributed by atoms with Gasteiger partial charge >= 0.3 is 0 Å². The molecule has 0 saturated heterocycles. The average molecular weight is 170 g/mol. The first-order chi connectivity index (χ1) is 5.93. The van der Waals surface area contributed by atoms with Gasteiger partial charge in [0.1, 0.15) is 0 Å². The summed E-state index contributed by atoms with van der Waals surface area (Å²) in [6, 6.07) is 0. The van der Waals surface area contributed by atoms with Gasteiger partial charge in [0.05, 0.1) is 19.8 Å². The average Bonchev–Trinajstić information content (AvgIpc) is 2.14. The first-order valence-corrected chi connectivity index (χ1v) is 4.67. The Morgan fingerprint density at radius 2 is 2.33 bits per heavy atom. The van der Waals surface area contributed by atoms with E-state index in [4.69, 9.17) is 9.47 Å². The third-order valence-electron chi connectivity index (χ3n) is 2.12. The zero-order chi connectivity index (χ0) is 8.65. The van der Waals surface area contributed by atoms with Crippen LogP contribution in [0.1, 0.15) is 19.3 Å². The van der Waals surface area contributed by atoms with Gasteiger partial charge in [-0.1, -0.05) is 12.2 Å². The van der Waals surface area contributed by atoms with Gasteiger partial charge in [-0.15, -0.1) is 0 Å². The first kappa shape index (κ1) is 9.75. The Bertz CT molecular complexity index is 132. The molecule has 2 heteroatoms. The molecule has 1 unspecified atom stereocenters. The molecule has 0 radical (unpaired) electrons. The number of allylic oxidation sites excluding steroid dienone is 1. The molecule has 2 nitrogen and oxygen atoms in total. The van der Waals surface area contributed by atoms with E-state index in [-0.39, 0.29) is 0 Å². The van der Waals surface area contributed by atoms with Crippen LogP contribution in [0.3, 0.4) is 0 Å². The van der Waals surface area contributed by atoms with Crippen LogP contribution < -0.4 is 0 Å². The van der Waals surface area contributed by atoms with E-state index in [1.54, 1.807) is 7.11 Å². The highest BCUT2D eigenvalue weighted by Crippen LogP contribution is 2.16. The minimum atomic E-state index is 0.649. The van der Waals surface area contributed by atoms with Crippen molar-refractivity contribution in [3.8, 4) is 0 Å². The summed E-state index contributed by atoms with van der Waals surface area (Å²) in [6.07, 6.45) is 8.37. The third-order valence-corrected chi connectivity index (χ3v) is 2.12. The van der Waals surface area contributed by atoms with Crippen molar-refractivity contribution in [2.24, 2.45) is 5.92 Å². The molecular weight excluding hydrogens is 152 g/mol. The second-order valence-corrected chi connectivity index (χ2v) is 3.19. The Hall–Kier alpha value is -0.340.